The molecule has 3 N–H and O–H groups in total. The normalized spacial score (nSPS) is 40.6. The number of alkyl halides is 1. The lowest BCUT2D eigenvalue weighted by Crippen LogP contribution is -2.33. The van der Waals surface area contributed by atoms with Crippen LogP contribution in [0, 0.1) is 0 Å². The van der Waals surface area contributed by atoms with E-state index in [4.69, 9.17) is 4.74 Å². The molecule has 1 saturated carbocycles. The molecule has 2 aromatic heterocycles. The minimum absolute atomic E-state index is 0.187. The van der Waals surface area contributed by atoms with Crippen LogP contribution in [0.4, 0.5) is 4.39 Å². The van der Waals surface area contributed by atoms with Crippen molar-refractivity contribution in [1.82, 2.24) is 14.5 Å². The van der Waals surface area contributed by atoms with Crippen molar-refractivity contribution in [2.75, 3.05) is 0 Å². The maximum Gasteiger partial charge on any atom is 0.276 e. The van der Waals surface area contributed by atoms with E-state index in [0.717, 1.165) is 0 Å². The number of ether oxygens (including phenoxy) is 1. The average Bonchev–Trinajstić information content (AvgIpc) is 2.74. The quantitative estimate of drug-likeness (QED) is 0.619. The average molecular weight is 267 g/mol. The van der Waals surface area contributed by atoms with Gasteiger partial charge in [-0.25, -0.2) is 9.37 Å². The molecule has 1 saturated heterocycles. The van der Waals surface area contributed by atoms with Crippen LogP contribution in [-0.2, 0) is 4.74 Å². The molecule has 100 valence electrons. The van der Waals surface area contributed by atoms with E-state index >= 15 is 0 Å². The summed E-state index contributed by atoms with van der Waals surface area (Å²) in [6.45, 7) is 0. The first-order valence-electron chi connectivity index (χ1n) is 5.80. The van der Waals surface area contributed by atoms with Gasteiger partial charge in [-0.15, -0.1) is 0 Å². The topological polar surface area (TPSA) is 100 Å². The number of aromatic amines is 1. The summed E-state index contributed by atoms with van der Waals surface area (Å²) < 4.78 is 20.8. The molecule has 1 aliphatic carbocycles. The van der Waals surface area contributed by atoms with E-state index < -0.39 is 30.2 Å². The molecule has 0 bridgehead atoms. The molecule has 0 spiro atoms. The van der Waals surface area contributed by atoms with Crippen molar-refractivity contribution in [2.45, 2.75) is 30.2 Å². The molecule has 2 fully saturated rings. The zero-order valence-corrected chi connectivity index (χ0v) is 9.52. The minimum Gasteiger partial charge on any atom is -0.387 e. The van der Waals surface area contributed by atoms with Gasteiger partial charge in [-0.3, -0.25) is 4.79 Å². The van der Waals surface area contributed by atoms with E-state index in [9.17, 15) is 19.4 Å². The van der Waals surface area contributed by atoms with Gasteiger partial charge in [0.15, 0.2) is 17.4 Å². The van der Waals surface area contributed by atoms with Crippen LogP contribution in [-0.4, -0.2) is 48.7 Å². The number of rotatable bonds is 1. The maximum absolute atomic E-state index is 14.1. The molecule has 7 nitrogen and oxygen atoms in total. The molecular weight excluding hydrogens is 257 g/mol. The second kappa shape index (κ2) is 3.21. The molecule has 0 amide bonds. The number of aliphatic hydroxyl groups is 2. The Morgan fingerprint density at radius 3 is 2.95 bits per heavy atom. The largest absolute Gasteiger partial charge is 0.387 e. The van der Waals surface area contributed by atoms with Crippen molar-refractivity contribution in [3.63, 3.8) is 0 Å². The van der Waals surface area contributed by atoms with Crippen LogP contribution in [0.1, 0.15) is 6.23 Å². The molecule has 0 radical (unpaired) electrons. The Morgan fingerprint density at radius 1 is 1.47 bits per heavy atom. The summed E-state index contributed by atoms with van der Waals surface area (Å²) in [5, 5.41) is 19.2. The zero-order chi connectivity index (χ0) is 13.4. The standard InChI is InChI=1S/C11H10FN3O4/c12-11-6(16)8(11)19-10(7(11)17)15-3-14-5-4(15)1-2-13-9(5)18/h1-3,6-8,10,16-17H,(H,13,18)/t6?,7-,8+,10?,11+/m0/s1. The summed E-state index contributed by atoms with van der Waals surface area (Å²) >= 11 is 0. The molecule has 19 heavy (non-hydrogen) atoms. The summed E-state index contributed by atoms with van der Waals surface area (Å²) in [5.74, 6) is 0. The molecule has 0 aromatic carbocycles. The number of hydrogen-bond acceptors (Lipinski definition) is 5. The lowest BCUT2D eigenvalue weighted by atomic mass is 10.2. The summed E-state index contributed by atoms with van der Waals surface area (Å²) in [6.07, 6.45) is -2.06. The number of hydrogen-bond donors (Lipinski definition) is 3. The predicted octanol–water partition coefficient (Wildman–Crippen LogP) is -0.934. The van der Waals surface area contributed by atoms with Gasteiger partial charge in [0.25, 0.3) is 5.56 Å². The summed E-state index contributed by atoms with van der Waals surface area (Å²) in [7, 11) is 0. The second-order valence-corrected chi connectivity index (χ2v) is 4.86. The number of aromatic nitrogens is 3. The zero-order valence-electron chi connectivity index (χ0n) is 9.52. The molecule has 5 atom stereocenters. The van der Waals surface area contributed by atoms with E-state index in [1.54, 1.807) is 6.07 Å². The van der Waals surface area contributed by atoms with Gasteiger partial charge in [0, 0.05) is 6.20 Å². The van der Waals surface area contributed by atoms with Gasteiger partial charge < -0.3 is 24.5 Å². The van der Waals surface area contributed by atoms with Crippen LogP contribution in [0.25, 0.3) is 11.0 Å². The first kappa shape index (κ1) is 11.1. The summed E-state index contributed by atoms with van der Waals surface area (Å²) in [5.41, 5.74) is -1.87. The van der Waals surface area contributed by atoms with Crippen LogP contribution < -0.4 is 5.56 Å². The number of halogens is 1. The lowest BCUT2D eigenvalue weighted by molar-refractivity contribution is -0.0800. The lowest BCUT2D eigenvalue weighted by Gasteiger charge is -2.21. The fourth-order valence-corrected chi connectivity index (χ4v) is 2.69. The van der Waals surface area contributed by atoms with Gasteiger partial charge in [0.05, 0.1) is 11.8 Å². The van der Waals surface area contributed by atoms with Crippen molar-refractivity contribution in [3.05, 3.63) is 28.9 Å². The smallest absolute Gasteiger partial charge is 0.276 e. The van der Waals surface area contributed by atoms with Crippen LogP contribution in [0.3, 0.4) is 0 Å². The highest BCUT2D eigenvalue weighted by Crippen LogP contribution is 2.56. The van der Waals surface area contributed by atoms with Crippen LogP contribution in [0.2, 0.25) is 0 Å². The highest BCUT2D eigenvalue weighted by Gasteiger charge is 2.78. The van der Waals surface area contributed by atoms with Gasteiger partial charge in [-0.05, 0) is 6.07 Å². The van der Waals surface area contributed by atoms with Gasteiger partial charge in [0.2, 0.25) is 0 Å². The molecule has 3 heterocycles. The number of nitrogens with one attached hydrogen (secondary N) is 1. The van der Waals surface area contributed by atoms with Crippen LogP contribution >= 0.6 is 0 Å². The number of H-pyrrole nitrogens is 1. The van der Waals surface area contributed by atoms with Crippen molar-refractivity contribution >= 4 is 11.0 Å². The van der Waals surface area contributed by atoms with E-state index in [2.05, 4.69) is 9.97 Å². The van der Waals surface area contributed by atoms with Gasteiger partial charge in [-0.2, -0.15) is 0 Å². The predicted molar refractivity (Wildman–Crippen MR) is 60.1 cm³/mol. The Kier molecular flexibility index (Phi) is 1.88. The van der Waals surface area contributed by atoms with Crippen molar-refractivity contribution in [1.29, 1.82) is 0 Å². The molecule has 2 unspecified atom stereocenters. The summed E-state index contributed by atoms with van der Waals surface area (Å²) in [4.78, 5) is 17.9. The third kappa shape index (κ3) is 1.16. The third-order valence-electron chi connectivity index (χ3n) is 3.85. The number of imidazole rings is 1. The van der Waals surface area contributed by atoms with Gasteiger partial charge in [0.1, 0.15) is 18.3 Å². The SMILES string of the molecule is O=c1[nH]ccc2c1ncn2C1O[C@@H]2C(O)[C@@]2(F)[C@H]1O. The van der Waals surface area contributed by atoms with Crippen molar-refractivity contribution < 1.29 is 19.3 Å². The van der Waals surface area contributed by atoms with E-state index in [1.807, 2.05) is 0 Å². The minimum atomic E-state index is -2.12. The first-order chi connectivity index (χ1) is 9.05. The van der Waals surface area contributed by atoms with E-state index in [0.29, 0.717) is 5.52 Å². The highest BCUT2D eigenvalue weighted by molar-refractivity contribution is 5.73. The maximum atomic E-state index is 14.1. The second-order valence-electron chi connectivity index (χ2n) is 4.86. The Hall–Kier alpha value is -1.77. The number of pyridine rings is 1. The number of nitrogens with zero attached hydrogens (tertiary/aromatic N) is 2. The Morgan fingerprint density at radius 2 is 2.26 bits per heavy atom. The molecule has 8 heteroatoms. The van der Waals surface area contributed by atoms with E-state index in [1.165, 1.54) is 17.1 Å². The number of fused-ring (bicyclic) bond motifs is 2. The van der Waals surface area contributed by atoms with Gasteiger partial charge in [-0.1, -0.05) is 0 Å². The molecule has 2 aliphatic rings. The molecular formula is C11H10FN3O4. The fraction of sp³-hybridized carbons (Fsp3) is 0.455. The Labute approximate surface area is 105 Å². The van der Waals surface area contributed by atoms with Crippen molar-refractivity contribution in [3.8, 4) is 0 Å². The Bertz CT molecular complexity index is 728. The Balaban J connectivity index is 1.81. The summed E-state index contributed by atoms with van der Waals surface area (Å²) in [6, 6.07) is 1.59. The number of aliphatic hydroxyl groups excluding tert-OH is 2. The monoisotopic (exact) mass is 267 g/mol. The molecule has 2 aromatic rings. The van der Waals surface area contributed by atoms with Gasteiger partial charge >= 0.3 is 0 Å². The first-order valence-corrected chi connectivity index (χ1v) is 5.80. The highest BCUT2D eigenvalue weighted by atomic mass is 19.1. The molecule has 4 rings (SSSR count). The van der Waals surface area contributed by atoms with Crippen LogP contribution in [0.15, 0.2) is 23.4 Å². The molecule has 1 aliphatic heterocycles. The van der Waals surface area contributed by atoms with Crippen molar-refractivity contribution in [2.24, 2.45) is 0 Å². The van der Waals surface area contributed by atoms with E-state index in [-0.39, 0.29) is 11.1 Å². The van der Waals surface area contributed by atoms with Crippen LogP contribution in [0.5, 0.6) is 0 Å². The third-order valence-corrected chi connectivity index (χ3v) is 3.85. The fourth-order valence-electron chi connectivity index (χ4n) is 2.69.